The summed E-state index contributed by atoms with van der Waals surface area (Å²) in [6, 6.07) is 9.21. The van der Waals surface area contributed by atoms with E-state index in [1.165, 1.54) is 12.1 Å². The number of hydrogen-bond acceptors (Lipinski definition) is 5. The Morgan fingerprint density at radius 3 is 2.39 bits per heavy atom. The number of aromatic nitrogens is 1. The minimum absolute atomic E-state index is 0.0337. The summed E-state index contributed by atoms with van der Waals surface area (Å²) in [7, 11) is -3.60. The van der Waals surface area contributed by atoms with Gasteiger partial charge in [-0.15, -0.1) is 0 Å². The molecule has 2 aromatic rings. The predicted octanol–water partition coefficient (Wildman–Crippen LogP) is 3.49. The minimum Gasteiger partial charge on any atom is -0.355 e. The maximum Gasteiger partial charge on any atom is 0.246 e. The second-order valence-corrected chi connectivity index (χ2v) is 10.7. The number of carbonyl (C=O) groups is 1. The molecule has 1 N–H and O–H groups in total. The standard InChI is InChI=1S/C24H31FN4O3S/c1-18(19-7-9-21(25)10-8-19)27-24(30)20-11-16-28(17-12-20)23-22(6-5-13-26-23)33(31,32)29-14-3-2-4-15-29/h5-10,13,18,20H,2-4,11-12,14-17H2,1H3,(H,27,30). The lowest BCUT2D eigenvalue weighted by Crippen LogP contribution is -2.42. The molecule has 1 aromatic carbocycles. The van der Waals surface area contributed by atoms with E-state index in [9.17, 15) is 17.6 Å². The molecule has 178 valence electrons. The van der Waals surface area contributed by atoms with Gasteiger partial charge in [0.05, 0.1) is 6.04 Å². The van der Waals surface area contributed by atoms with Crippen molar-refractivity contribution < 1.29 is 17.6 Å². The van der Waals surface area contributed by atoms with E-state index in [0.717, 1.165) is 24.8 Å². The van der Waals surface area contributed by atoms with E-state index in [4.69, 9.17) is 0 Å². The van der Waals surface area contributed by atoms with Gasteiger partial charge in [0.1, 0.15) is 16.5 Å². The number of anilines is 1. The molecule has 2 aliphatic heterocycles. The molecule has 4 rings (SSSR count). The normalized spacial score (nSPS) is 19.3. The highest BCUT2D eigenvalue weighted by Crippen LogP contribution is 2.30. The van der Waals surface area contributed by atoms with Crippen LogP contribution in [0.15, 0.2) is 47.5 Å². The number of amides is 1. The average Bonchev–Trinajstić information content (AvgIpc) is 2.85. The van der Waals surface area contributed by atoms with Crippen molar-refractivity contribution in [2.45, 2.75) is 50.0 Å². The van der Waals surface area contributed by atoms with E-state index in [2.05, 4.69) is 10.3 Å². The second kappa shape index (κ2) is 10.2. The van der Waals surface area contributed by atoms with Crippen molar-refractivity contribution in [3.05, 3.63) is 54.0 Å². The number of nitrogens with one attached hydrogen (secondary N) is 1. The van der Waals surface area contributed by atoms with E-state index in [1.54, 1.807) is 34.8 Å². The van der Waals surface area contributed by atoms with Crippen LogP contribution in [0.5, 0.6) is 0 Å². The number of pyridine rings is 1. The Morgan fingerprint density at radius 1 is 1.06 bits per heavy atom. The van der Waals surface area contributed by atoms with Crippen LogP contribution in [0.2, 0.25) is 0 Å². The molecule has 33 heavy (non-hydrogen) atoms. The second-order valence-electron chi connectivity index (χ2n) is 8.83. The molecule has 2 saturated heterocycles. The van der Waals surface area contributed by atoms with Gasteiger partial charge in [0.15, 0.2) is 0 Å². The van der Waals surface area contributed by atoms with Crippen molar-refractivity contribution >= 4 is 21.7 Å². The molecule has 0 bridgehead atoms. The summed E-state index contributed by atoms with van der Waals surface area (Å²) < 4.78 is 41.3. The van der Waals surface area contributed by atoms with Crippen molar-refractivity contribution in [1.82, 2.24) is 14.6 Å². The molecule has 2 aliphatic rings. The zero-order valence-corrected chi connectivity index (χ0v) is 19.7. The SMILES string of the molecule is CC(NC(=O)C1CCN(c2ncccc2S(=O)(=O)N2CCCCC2)CC1)c1ccc(F)cc1. The molecule has 0 radical (unpaired) electrons. The molecule has 2 fully saturated rings. The number of halogens is 1. The number of piperidine rings is 2. The summed E-state index contributed by atoms with van der Waals surface area (Å²) in [6.45, 7) is 4.09. The zero-order chi connectivity index (χ0) is 23.4. The monoisotopic (exact) mass is 474 g/mol. The van der Waals surface area contributed by atoms with Gasteiger partial charge in [-0.3, -0.25) is 4.79 Å². The fourth-order valence-electron chi connectivity index (χ4n) is 4.58. The number of hydrogen-bond donors (Lipinski definition) is 1. The lowest BCUT2D eigenvalue weighted by atomic mass is 9.95. The van der Waals surface area contributed by atoms with Crippen LogP contribution in [0, 0.1) is 11.7 Å². The van der Waals surface area contributed by atoms with Gasteiger partial charge >= 0.3 is 0 Å². The molecule has 1 aromatic heterocycles. The summed E-state index contributed by atoms with van der Waals surface area (Å²) >= 11 is 0. The summed E-state index contributed by atoms with van der Waals surface area (Å²) in [5.41, 5.74) is 0.850. The first kappa shape index (κ1) is 23.6. The Balaban J connectivity index is 1.40. The minimum atomic E-state index is -3.60. The highest BCUT2D eigenvalue weighted by Gasteiger charge is 2.33. The van der Waals surface area contributed by atoms with Gasteiger partial charge in [0.2, 0.25) is 15.9 Å². The summed E-state index contributed by atoms with van der Waals surface area (Å²) in [6.07, 6.45) is 5.66. The molecule has 3 heterocycles. The third-order valence-electron chi connectivity index (χ3n) is 6.58. The van der Waals surface area contributed by atoms with Crippen LogP contribution in [0.4, 0.5) is 10.2 Å². The maximum absolute atomic E-state index is 13.3. The predicted molar refractivity (Wildman–Crippen MR) is 125 cm³/mol. The third kappa shape index (κ3) is 5.35. The van der Waals surface area contributed by atoms with E-state index >= 15 is 0 Å². The van der Waals surface area contributed by atoms with Gasteiger partial charge in [0, 0.05) is 38.3 Å². The van der Waals surface area contributed by atoms with Crippen LogP contribution in [0.1, 0.15) is 50.6 Å². The number of rotatable bonds is 6. The summed E-state index contributed by atoms with van der Waals surface area (Å²) in [4.78, 5) is 19.4. The van der Waals surface area contributed by atoms with Crippen LogP contribution in [-0.4, -0.2) is 49.8 Å². The van der Waals surface area contributed by atoms with Crippen molar-refractivity contribution in [2.24, 2.45) is 5.92 Å². The average molecular weight is 475 g/mol. The number of sulfonamides is 1. The van der Waals surface area contributed by atoms with E-state index in [-0.39, 0.29) is 28.6 Å². The van der Waals surface area contributed by atoms with Gasteiger partial charge < -0.3 is 10.2 Å². The highest BCUT2D eigenvalue weighted by atomic mass is 32.2. The van der Waals surface area contributed by atoms with Crippen molar-refractivity contribution in [1.29, 1.82) is 0 Å². The molecule has 0 saturated carbocycles. The first-order chi connectivity index (χ1) is 15.9. The Morgan fingerprint density at radius 2 is 1.73 bits per heavy atom. The number of nitrogens with zero attached hydrogens (tertiary/aromatic N) is 3. The van der Waals surface area contributed by atoms with Gasteiger partial charge in [0.25, 0.3) is 0 Å². The highest BCUT2D eigenvalue weighted by molar-refractivity contribution is 7.89. The van der Waals surface area contributed by atoms with E-state index in [1.807, 2.05) is 11.8 Å². The Hall–Kier alpha value is -2.52. The fraction of sp³-hybridized carbons (Fsp3) is 0.500. The number of benzene rings is 1. The van der Waals surface area contributed by atoms with Crippen LogP contribution in [0.3, 0.4) is 0 Å². The van der Waals surface area contributed by atoms with Gasteiger partial charge in [-0.1, -0.05) is 18.6 Å². The van der Waals surface area contributed by atoms with Crippen molar-refractivity contribution in [3.63, 3.8) is 0 Å². The molecule has 1 amide bonds. The third-order valence-corrected chi connectivity index (χ3v) is 8.50. The molecule has 1 atom stereocenters. The van der Waals surface area contributed by atoms with Crippen LogP contribution in [-0.2, 0) is 14.8 Å². The first-order valence-corrected chi connectivity index (χ1v) is 13.1. The van der Waals surface area contributed by atoms with Crippen LogP contribution in [0.25, 0.3) is 0 Å². The summed E-state index contributed by atoms with van der Waals surface area (Å²) in [5.74, 6) is -0.0221. The van der Waals surface area contributed by atoms with Crippen molar-refractivity contribution in [2.75, 3.05) is 31.1 Å². The van der Waals surface area contributed by atoms with Gasteiger partial charge in [-0.25, -0.2) is 17.8 Å². The molecular formula is C24H31FN4O3S. The summed E-state index contributed by atoms with van der Waals surface area (Å²) in [5, 5.41) is 3.02. The molecule has 9 heteroatoms. The molecule has 0 spiro atoms. The topological polar surface area (TPSA) is 82.6 Å². The Bertz CT molecular complexity index is 1060. The first-order valence-electron chi connectivity index (χ1n) is 11.6. The largest absolute Gasteiger partial charge is 0.355 e. The zero-order valence-electron chi connectivity index (χ0n) is 18.9. The van der Waals surface area contributed by atoms with Crippen LogP contribution >= 0.6 is 0 Å². The fourth-order valence-corrected chi connectivity index (χ4v) is 6.27. The molecule has 0 aliphatic carbocycles. The van der Waals surface area contributed by atoms with Crippen molar-refractivity contribution in [3.8, 4) is 0 Å². The quantitative estimate of drug-likeness (QED) is 0.693. The van der Waals surface area contributed by atoms with Crippen LogP contribution < -0.4 is 10.2 Å². The van der Waals surface area contributed by atoms with E-state index in [0.29, 0.717) is 44.8 Å². The van der Waals surface area contributed by atoms with E-state index < -0.39 is 10.0 Å². The molecule has 1 unspecified atom stereocenters. The molecule has 7 nitrogen and oxygen atoms in total. The number of carbonyl (C=O) groups excluding carboxylic acids is 1. The molecular weight excluding hydrogens is 443 g/mol. The smallest absolute Gasteiger partial charge is 0.246 e. The van der Waals surface area contributed by atoms with Gasteiger partial charge in [-0.05, 0) is 62.4 Å². The van der Waals surface area contributed by atoms with Gasteiger partial charge in [-0.2, -0.15) is 4.31 Å². The Kier molecular flexibility index (Phi) is 7.29. The maximum atomic E-state index is 13.3. The lowest BCUT2D eigenvalue weighted by Gasteiger charge is -2.34. The Labute approximate surface area is 195 Å². The lowest BCUT2D eigenvalue weighted by molar-refractivity contribution is -0.126.